The Morgan fingerprint density at radius 3 is 2.44 bits per heavy atom. The summed E-state index contributed by atoms with van der Waals surface area (Å²) in [6.07, 6.45) is 0. The van der Waals surface area contributed by atoms with Crippen LogP contribution in [-0.2, 0) is 10.2 Å². The van der Waals surface area contributed by atoms with Crippen molar-refractivity contribution in [2.75, 3.05) is 50.1 Å². The molecule has 2 amide bonds. The van der Waals surface area contributed by atoms with Crippen LogP contribution in [0.2, 0.25) is 0 Å². The topological polar surface area (TPSA) is 80.6 Å². The second kappa shape index (κ2) is 11.7. The highest BCUT2D eigenvalue weighted by Gasteiger charge is 2.22. The maximum atomic E-state index is 13.2. The van der Waals surface area contributed by atoms with Crippen molar-refractivity contribution in [2.45, 2.75) is 31.1 Å². The smallest absolute Gasteiger partial charge is 0.324 e. The molecule has 9 heteroatoms. The third kappa shape index (κ3) is 6.55. The first-order valence-electron chi connectivity index (χ1n) is 13.2. The van der Waals surface area contributed by atoms with Gasteiger partial charge >= 0.3 is 6.03 Å². The molecule has 4 aromatic rings. The molecule has 1 fully saturated rings. The fraction of sp³-hybridized carbons (Fsp3) is 0.333. The third-order valence-corrected chi connectivity index (χ3v) is 7.01. The fourth-order valence-electron chi connectivity index (χ4n) is 4.51. The van der Waals surface area contributed by atoms with Crippen molar-refractivity contribution >= 4 is 40.9 Å². The lowest BCUT2D eigenvalue weighted by Gasteiger charge is -2.26. The van der Waals surface area contributed by atoms with Crippen LogP contribution in [0, 0.1) is 0 Å². The Labute approximate surface area is 234 Å². The average molecular weight is 546 g/mol. The first-order chi connectivity index (χ1) is 18.8. The van der Waals surface area contributed by atoms with E-state index in [1.165, 1.54) is 0 Å². The minimum Gasteiger partial charge on any atom is -0.492 e. The Kier molecular flexibility index (Phi) is 8.11. The highest BCUT2D eigenvalue weighted by molar-refractivity contribution is 7.80. The lowest BCUT2D eigenvalue weighted by atomic mass is 9.92. The number of nitrogens with one attached hydrogen (secondary N) is 2. The molecule has 0 atom stereocenters. The summed E-state index contributed by atoms with van der Waals surface area (Å²) in [5, 5.41) is 12.7. The number of morpholine rings is 1. The second-order valence-electron chi connectivity index (χ2n) is 10.6. The summed E-state index contributed by atoms with van der Waals surface area (Å²) in [6, 6.07) is 20.9. The molecule has 39 heavy (non-hydrogen) atoms. The number of aromatic nitrogens is 2. The normalized spacial score (nSPS) is 14.4. The van der Waals surface area contributed by atoms with Crippen molar-refractivity contribution in [1.82, 2.24) is 14.7 Å². The van der Waals surface area contributed by atoms with E-state index in [1.54, 1.807) is 4.68 Å². The average Bonchev–Trinajstić information content (AvgIpc) is 3.35. The molecule has 3 aromatic carbocycles. The van der Waals surface area contributed by atoms with Crippen LogP contribution in [0.3, 0.4) is 0 Å². The van der Waals surface area contributed by atoms with Gasteiger partial charge in [0.05, 0.1) is 30.3 Å². The number of thiol groups is 1. The van der Waals surface area contributed by atoms with Crippen molar-refractivity contribution in [1.29, 1.82) is 0 Å². The minimum absolute atomic E-state index is 0.185. The molecule has 0 unspecified atom stereocenters. The van der Waals surface area contributed by atoms with Gasteiger partial charge in [0, 0.05) is 46.8 Å². The molecule has 0 saturated carbocycles. The van der Waals surface area contributed by atoms with Gasteiger partial charge in [0.1, 0.15) is 18.2 Å². The number of rotatable bonds is 7. The molecule has 2 N–H and O–H groups in total. The van der Waals surface area contributed by atoms with E-state index in [4.69, 9.17) is 14.6 Å². The van der Waals surface area contributed by atoms with E-state index in [2.05, 4.69) is 48.9 Å². The Hall–Kier alpha value is -3.53. The van der Waals surface area contributed by atoms with Crippen molar-refractivity contribution in [2.24, 2.45) is 0 Å². The summed E-state index contributed by atoms with van der Waals surface area (Å²) >= 11 is 4.39. The van der Waals surface area contributed by atoms with Crippen LogP contribution in [0.25, 0.3) is 16.5 Å². The first-order valence-corrected chi connectivity index (χ1v) is 13.7. The van der Waals surface area contributed by atoms with E-state index in [-0.39, 0.29) is 11.4 Å². The SMILES string of the molecule is CC(C)(C)c1cc(NC(=O)Nc2ccc(OCCN3CCOCC3)c3ccccc23)n(-c2ccc(S)cc2)n1. The zero-order valence-electron chi connectivity index (χ0n) is 22.6. The van der Waals surface area contributed by atoms with Gasteiger partial charge in [-0.05, 0) is 36.4 Å². The van der Waals surface area contributed by atoms with Crippen LogP contribution in [0.1, 0.15) is 26.5 Å². The molecule has 1 saturated heterocycles. The van der Waals surface area contributed by atoms with Crippen molar-refractivity contribution < 1.29 is 14.3 Å². The van der Waals surface area contributed by atoms with Crippen LogP contribution in [0.5, 0.6) is 5.75 Å². The van der Waals surface area contributed by atoms with E-state index in [9.17, 15) is 4.79 Å². The molecular weight excluding hydrogens is 510 g/mol. The summed E-state index contributed by atoms with van der Waals surface area (Å²) in [7, 11) is 0. The number of carbonyl (C=O) groups is 1. The summed E-state index contributed by atoms with van der Waals surface area (Å²) in [6.45, 7) is 11.1. The molecule has 8 nitrogen and oxygen atoms in total. The molecule has 1 aromatic heterocycles. The predicted octanol–water partition coefficient (Wildman–Crippen LogP) is 5.97. The Balaban J connectivity index is 1.33. The van der Waals surface area contributed by atoms with Gasteiger partial charge in [-0.25, -0.2) is 9.48 Å². The molecular formula is C30H35N5O3S. The van der Waals surface area contributed by atoms with E-state index >= 15 is 0 Å². The second-order valence-corrected chi connectivity index (χ2v) is 11.1. The van der Waals surface area contributed by atoms with Crippen LogP contribution >= 0.6 is 12.6 Å². The van der Waals surface area contributed by atoms with Crippen LogP contribution < -0.4 is 15.4 Å². The van der Waals surface area contributed by atoms with Crippen LogP contribution in [0.4, 0.5) is 16.3 Å². The monoisotopic (exact) mass is 545 g/mol. The van der Waals surface area contributed by atoms with Gasteiger partial charge in [0.15, 0.2) is 0 Å². The van der Waals surface area contributed by atoms with Crippen LogP contribution in [-0.4, -0.2) is 60.2 Å². The summed E-state index contributed by atoms with van der Waals surface area (Å²) < 4.78 is 13.3. The highest BCUT2D eigenvalue weighted by atomic mass is 32.1. The standard InChI is InChI=1S/C30H35N5O3S/c1-30(2,3)27-20-28(35(33-27)21-8-10-22(39)11-9-21)32-29(36)31-25-12-13-26(24-7-5-4-6-23(24)25)38-19-16-34-14-17-37-18-15-34/h4-13,20,39H,14-19H2,1-3H3,(H2,31,32,36). The number of fused-ring (bicyclic) bond motifs is 1. The van der Waals surface area contributed by atoms with Crippen molar-refractivity contribution in [3.05, 3.63) is 72.4 Å². The minimum atomic E-state index is -0.353. The molecule has 204 valence electrons. The molecule has 2 heterocycles. The predicted molar refractivity (Wildman–Crippen MR) is 159 cm³/mol. The molecule has 0 spiro atoms. The van der Waals surface area contributed by atoms with Gasteiger partial charge in [0.25, 0.3) is 0 Å². The molecule has 0 bridgehead atoms. The van der Waals surface area contributed by atoms with Crippen molar-refractivity contribution in [3.8, 4) is 11.4 Å². The van der Waals surface area contributed by atoms with Gasteiger partial charge in [-0.2, -0.15) is 5.10 Å². The first kappa shape index (κ1) is 27.1. The van der Waals surface area contributed by atoms with E-state index < -0.39 is 0 Å². The lowest BCUT2D eigenvalue weighted by Crippen LogP contribution is -2.38. The number of hydrogen-bond acceptors (Lipinski definition) is 6. The third-order valence-electron chi connectivity index (χ3n) is 6.71. The number of urea groups is 1. The number of hydrogen-bond donors (Lipinski definition) is 3. The summed E-state index contributed by atoms with van der Waals surface area (Å²) in [5.74, 6) is 1.38. The quantitative estimate of drug-likeness (QED) is 0.250. The highest BCUT2D eigenvalue weighted by Crippen LogP contribution is 2.32. The number of amides is 2. The number of benzene rings is 3. The summed E-state index contributed by atoms with van der Waals surface area (Å²) in [5.41, 5.74) is 2.22. The van der Waals surface area contributed by atoms with Gasteiger partial charge in [-0.3, -0.25) is 10.2 Å². The van der Waals surface area contributed by atoms with Crippen molar-refractivity contribution in [3.63, 3.8) is 0 Å². The van der Waals surface area contributed by atoms with E-state index in [1.807, 2.05) is 66.7 Å². The zero-order chi connectivity index (χ0) is 27.4. The van der Waals surface area contributed by atoms with Gasteiger partial charge in [0.2, 0.25) is 0 Å². The lowest BCUT2D eigenvalue weighted by molar-refractivity contribution is 0.0323. The Morgan fingerprint density at radius 1 is 1.00 bits per heavy atom. The molecule has 1 aliphatic rings. The van der Waals surface area contributed by atoms with E-state index in [0.29, 0.717) is 18.1 Å². The Bertz CT molecular complexity index is 1440. The summed E-state index contributed by atoms with van der Waals surface area (Å²) in [4.78, 5) is 16.4. The van der Waals surface area contributed by atoms with Gasteiger partial charge in [-0.15, -0.1) is 12.6 Å². The molecule has 1 aliphatic heterocycles. The van der Waals surface area contributed by atoms with Gasteiger partial charge in [-0.1, -0.05) is 45.0 Å². The largest absolute Gasteiger partial charge is 0.492 e. The molecule has 0 radical (unpaired) electrons. The maximum absolute atomic E-state index is 13.2. The number of ether oxygens (including phenoxy) is 2. The molecule has 5 rings (SSSR count). The van der Waals surface area contributed by atoms with E-state index in [0.717, 1.165) is 65.6 Å². The molecule has 0 aliphatic carbocycles. The fourth-order valence-corrected chi connectivity index (χ4v) is 4.66. The number of anilines is 2. The Morgan fingerprint density at radius 2 is 1.72 bits per heavy atom. The zero-order valence-corrected chi connectivity index (χ0v) is 23.5. The number of nitrogens with zero attached hydrogens (tertiary/aromatic N) is 3. The maximum Gasteiger partial charge on any atom is 0.324 e. The number of carbonyl (C=O) groups excluding carboxylic acids is 1. The van der Waals surface area contributed by atoms with Crippen LogP contribution in [0.15, 0.2) is 71.6 Å². The van der Waals surface area contributed by atoms with Gasteiger partial charge < -0.3 is 14.8 Å².